The zero-order valence-corrected chi connectivity index (χ0v) is 17.6. The van der Waals surface area contributed by atoms with Crippen LogP contribution in [-0.4, -0.2) is 77.8 Å². The summed E-state index contributed by atoms with van der Waals surface area (Å²) in [5.41, 5.74) is 12.0. The average Bonchev–Trinajstić information content (AvgIpc) is 3.17. The van der Waals surface area contributed by atoms with Gasteiger partial charge in [0.15, 0.2) is 17.7 Å². The van der Waals surface area contributed by atoms with E-state index in [4.69, 9.17) is 16.2 Å². The number of hydrogen-bond donors (Lipinski definition) is 4. The van der Waals surface area contributed by atoms with Crippen LogP contribution < -0.4 is 47.8 Å². The Hall–Kier alpha value is -1.10. The number of ether oxygens (including phenoxy) is 1. The van der Waals surface area contributed by atoms with Crippen molar-refractivity contribution >= 4 is 33.8 Å². The second-order valence-corrected chi connectivity index (χ2v) is 8.80. The Labute approximate surface area is 188 Å². The minimum Gasteiger partial charge on any atom is -1.00 e. The van der Waals surface area contributed by atoms with Gasteiger partial charge in [-0.05, 0) is 10.9 Å². The molecule has 0 aromatic carbocycles. The van der Waals surface area contributed by atoms with Crippen molar-refractivity contribution in [1.29, 1.82) is 0 Å². The van der Waals surface area contributed by atoms with Crippen LogP contribution in [0.25, 0.3) is 11.2 Å². The van der Waals surface area contributed by atoms with Gasteiger partial charge in [0.1, 0.15) is 41.7 Å². The van der Waals surface area contributed by atoms with Crippen molar-refractivity contribution in [3.63, 3.8) is 0 Å². The van der Waals surface area contributed by atoms with Gasteiger partial charge in [-0.3, -0.25) is 4.57 Å². The number of fused-ring (bicyclic) bond motifs is 1. The molecular formula is C15H22ClLiN6O5S. The van der Waals surface area contributed by atoms with Gasteiger partial charge in [0.05, 0.1) is 18.6 Å². The van der Waals surface area contributed by atoms with Gasteiger partial charge in [0.2, 0.25) is 0 Å². The quantitative estimate of drug-likeness (QED) is 0.238. The number of aliphatic carboxylic acids is 1. The Morgan fingerprint density at radius 1 is 1.38 bits per heavy atom. The Morgan fingerprint density at radius 3 is 2.72 bits per heavy atom. The fourth-order valence-electron chi connectivity index (χ4n) is 2.96. The summed E-state index contributed by atoms with van der Waals surface area (Å²) in [5, 5.41) is 31.5. The number of aliphatic hydroxyl groups excluding tert-OH is 2. The smallest absolute Gasteiger partial charge is 1.00 e. The number of halogens is 1. The molecule has 2 aromatic rings. The Bertz CT molecular complexity index is 832. The van der Waals surface area contributed by atoms with Crippen LogP contribution in [0, 0.1) is 0 Å². The summed E-state index contributed by atoms with van der Waals surface area (Å²) in [4.78, 5) is 22.8. The van der Waals surface area contributed by atoms with Gasteiger partial charge in [-0.25, -0.2) is 15.0 Å². The molecule has 29 heavy (non-hydrogen) atoms. The van der Waals surface area contributed by atoms with E-state index in [9.17, 15) is 20.1 Å². The molecule has 1 unspecified atom stereocenters. The molecule has 0 bridgehead atoms. The van der Waals surface area contributed by atoms with E-state index in [0.29, 0.717) is 22.7 Å². The number of carbonyl (C=O) groups excluding carboxylic acids is 1. The minimum atomic E-state index is -1.28. The first kappa shape index (κ1) is 25.9. The number of nitrogen functional groups attached to an aromatic ring is 1. The molecule has 6 N–H and O–H groups in total. The number of aliphatic hydroxyl groups is 2. The van der Waals surface area contributed by atoms with Crippen LogP contribution in [0.5, 0.6) is 0 Å². The van der Waals surface area contributed by atoms with Crippen LogP contribution in [-0.2, 0) is 20.4 Å². The van der Waals surface area contributed by atoms with E-state index in [-0.39, 0.29) is 54.4 Å². The van der Waals surface area contributed by atoms with E-state index in [0.717, 1.165) is 0 Å². The monoisotopic (exact) mass is 440 g/mol. The maximum Gasteiger partial charge on any atom is 1.00 e. The first-order valence-corrected chi connectivity index (χ1v) is 10.3. The topological polar surface area (TPSA) is 185 Å². The number of aromatic nitrogens is 4. The van der Waals surface area contributed by atoms with Gasteiger partial charge in [0, 0.05) is 12.5 Å². The van der Waals surface area contributed by atoms with Crippen molar-refractivity contribution < 1.29 is 56.1 Å². The van der Waals surface area contributed by atoms with E-state index < -0.39 is 36.6 Å². The molecule has 11 nitrogen and oxygen atoms in total. The largest absolute Gasteiger partial charge is 1.00 e. The standard InChI is InChI=1S/C15H22N6O5S.ClH.Li/c1-27(3-2-7(16)15(24)25)4-8-10(22)11(23)14(26-8)21-6-20-9-12(17)18-5-19-13(9)21;;/h5-8,10-11,14,22-23H,2-4,16H2,1H3,(H2-,17,18,19,24,25);1H;/q;;+1/p-1/t7-,8+,10+,11+,14+,27?;;/m0../s1. The maximum atomic E-state index is 10.7. The molecule has 1 fully saturated rings. The molecule has 156 valence electrons. The summed E-state index contributed by atoms with van der Waals surface area (Å²) >= 11 is 0. The van der Waals surface area contributed by atoms with Gasteiger partial charge in [0.25, 0.3) is 0 Å². The predicted octanol–water partition coefficient (Wildman–Crippen LogP) is -9.25. The number of anilines is 1. The number of carboxylic acids is 1. The van der Waals surface area contributed by atoms with Crippen molar-refractivity contribution in [2.24, 2.45) is 5.73 Å². The molecule has 2 aromatic heterocycles. The molecule has 6 atom stereocenters. The fourth-order valence-corrected chi connectivity index (χ4v) is 4.62. The van der Waals surface area contributed by atoms with Crippen LogP contribution in [0.15, 0.2) is 12.7 Å². The number of hydrogen-bond acceptors (Lipinski definition) is 10. The molecular weight excluding hydrogens is 419 g/mol. The van der Waals surface area contributed by atoms with Crippen LogP contribution in [0.1, 0.15) is 12.6 Å². The van der Waals surface area contributed by atoms with Crippen molar-refractivity contribution in [2.75, 3.05) is 23.5 Å². The molecule has 0 saturated carbocycles. The van der Waals surface area contributed by atoms with Gasteiger partial charge in [-0.1, -0.05) is 0 Å². The third kappa shape index (κ3) is 5.53. The summed E-state index contributed by atoms with van der Waals surface area (Å²) < 4.78 is 7.39. The summed E-state index contributed by atoms with van der Waals surface area (Å²) in [6.07, 6.45) is 1.17. The third-order valence-electron chi connectivity index (χ3n) is 4.53. The Kier molecular flexibility index (Phi) is 9.64. The summed E-state index contributed by atoms with van der Waals surface area (Å²) in [7, 11) is -0.263. The zero-order chi connectivity index (χ0) is 19.7. The number of carbonyl (C=O) groups is 1. The van der Waals surface area contributed by atoms with Gasteiger partial charge in [-0.15, -0.1) is 0 Å². The van der Waals surface area contributed by atoms with Gasteiger partial charge in [-0.2, -0.15) is 0 Å². The number of carboxylic acid groups (broad SMARTS) is 1. The Morgan fingerprint density at radius 2 is 2.07 bits per heavy atom. The predicted molar refractivity (Wildman–Crippen MR) is 96.3 cm³/mol. The second-order valence-electron chi connectivity index (χ2n) is 6.50. The van der Waals surface area contributed by atoms with E-state index in [1.54, 1.807) is 0 Å². The maximum absolute atomic E-state index is 10.7. The van der Waals surface area contributed by atoms with Crippen LogP contribution in [0.4, 0.5) is 5.82 Å². The molecule has 3 rings (SSSR count). The molecule has 0 spiro atoms. The molecule has 1 aliphatic heterocycles. The van der Waals surface area contributed by atoms with Crippen LogP contribution >= 0.6 is 0 Å². The normalized spacial score (nSPS) is 25.8. The molecule has 1 saturated heterocycles. The molecule has 0 radical (unpaired) electrons. The fraction of sp³-hybridized carbons (Fsp3) is 0.600. The summed E-state index contributed by atoms with van der Waals surface area (Å²) in [6, 6.07) is -1.02. The van der Waals surface area contributed by atoms with E-state index >= 15 is 0 Å². The first-order chi connectivity index (χ1) is 12.8. The number of nitrogens with zero attached hydrogens (tertiary/aromatic N) is 4. The Balaban J connectivity index is 0.00000210. The van der Waals surface area contributed by atoms with Crippen molar-refractivity contribution in [1.82, 2.24) is 19.5 Å². The van der Waals surface area contributed by atoms with Crippen LogP contribution in [0.2, 0.25) is 0 Å². The first-order valence-electron chi connectivity index (χ1n) is 8.29. The van der Waals surface area contributed by atoms with E-state index in [1.165, 1.54) is 17.2 Å². The minimum absolute atomic E-state index is 0. The van der Waals surface area contributed by atoms with Crippen molar-refractivity contribution in [2.45, 2.75) is 37.0 Å². The molecule has 14 heteroatoms. The van der Waals surface area contributed by atoms with Crippen molar-refractivity contribution in [3.05, 3.63) is 12.7 Å². The SMILES string of the molecule is C[S+](CC[C@H](N)C(=O)[O-])C[C@H]1O[C@@H](n2cnc3c(N)ncnc32)[C@H](O)[C@@H]1O.[Cl-].[Li+]. The molecule has 0 aliphatic carbocycles. The zero-order valence-electron chi connectivity index (χ0n) is 16.0. The summed E-state index contributed by atoms with van der Waals surface area (Å²) in [6.45, 7) is 0. The number of nitrogens with two attached hydrogens (primary N) is 2. The molecule has 3 heterocycles. The number of imidazole rings is 1. The van der Waals surface area contributed by atoms with Crippen molar-refractivity contribution in [3.8, 4) is 0 Å². The molecule has 0 amide bonds. The van der Waals surface area contributed by atoms with Gasteiger partial charge < -0.3 is 48.7 Å². The number of rotatable bonds is 7. The third-order valence-corrected chi connectivity index (χ3v) is 6.36. The van der Waals surface area contributed by atoms with E-state index in [1.807, 2.05) is 6.26 Å². The van der Waals surface area contributed by atoms with E-state index in [2.05, 4.69) is 15.0 Å². The molecule has 1 aliphatic rings. The summed E-state index contributed by atoms with van der Waals surface area (Å²) in [5.74, 6) is -0.0611. The van der Waals surface area contributed by atoms with Crippen LogP contribution in [0.3, 0.4) is 0 Å². The van der Waals surface area contributed by atoms with Gasteiger partial charge >= 0.3 is 18.9 Å². The second kappa shape index (κ2) is 10.8. The average molecular weight is 441 g/mol.